The molecule has 0 aliphatic rings. The van der Waals surface area contributed by atoms with E-state index in [1.165, 1.54) is 6.07 Å². The lowest BCUT2D eigenvalue weighted by Crippen LogP contribution is -2.30. The minimum absolute atomic E-state index is 0.00269. The number of hydrogen-bond acceptors (Lipinski definition) is 6. The number of carbonyl (C=O) groups is 1. The summed E-state index contributed by atoms with van der Waals surface area (Å²) in [6, 6.07) is 9.12. The van der Waals surface area contributed by atoms with Crippen LogP contribution >= 0.6 is 23.2 Å². The molecule has 0 unspecified atom stereocenters. The molecule has 0 aliphatic heterocycles. The number of sulfonamides is 1. The van der Waals surface area contributed by atoms with Gasteiger partial charge >= 0.3 is 0 Å². The Morgan fingerprint density at radius 1 is 1.22 bits per heavy atom. The van der Waals surface area contributed by atoms with E-state index in [9.17, 15) is 18.0 Å². The monoisotopic (exact) mass is 495 g/mol. The number of amides is 1. The van der Waals surface area contributed by atoms with Gasteiger partial charge in [0.05, 0.1) is 27.9 Å². The van der Waals surface area contributed by atoms with Gasteiger partial charge in [0.25, 0.3) is 5.56 Å². The molecule has 3 rings (SSSR count). The molecule has 9 nitrogen and oxygen atoms in total. The highest BCUT2D eigenvalue weighted by atomic mass is 35.5. The molecule has 32 heavy (non-hydrogen) atoms. The van der Waals surface area contributed by atoms with E-state index in [0.29, 0.717) is 11.3 Å². The van der Waals surface area contributed by atoms with Gasteiger partial charge in [-0.25, -0.2) is 17.8 Å². The summed E-state index contributed by atoms with van der Waals surface area (Å²) in [5, 5.41) is 6.06. The van der Waals surface area contributed by atoms with Crippen LogP contribution in [0, 0.1) is 6.92 Å². The van der Waals surface area contributed by atoms with Crippen LogP contribution in [0.15, 0.2) is 58.5 Å². The van der Waals surface area contributed by atoms with E-state index < -0.39 is 34.1 Å². The summed E-state index contributed by atoms with van der Waals surface area (Å²) in [6.07, 6.45) is 2.74. The average molecular weight is 496 g/mol. The number of aromatic nitrogens is 3. The van der Waals surface area contributed by atoms with Crippen LogP contribution in [-0.4, -0.2) is 29.1 Å². The molecule has 2 N–H and O–H groups in total. The number of pyridine rings is 1. The van der Waals surface area contributed by atoms with Crippen molar-refractivity contribution >= 4 is 44.8 Å². The number of hydrogen-bond donors (Lipinski definition) is 2. The zero-order chi connectivity index (χ0) is 23.5. The van der Waals surface area contributed by atoms with E-state index in [0.717, 1.165) is 10.9 Å². The van der Waals surface area contributed by atoms with Crippen LogP contribution in [0.25, 0.3) is 0 Å². The summed E-state index contributed by atoms with van der Waals surface area (Å²) in [5.41, 5.74) is 0.581. The number of rotatable bonds is 7. The third-order valence-corrected chi connectivity index (χ3v) is 6.89. The summed E-state index contributed by atoms with van der Waals surface area (Å²) in [7, 11) is -3.91. The Bertz CT molecular complexity index is 1310. The molecule has 0 saturated carbocycles. The van der Waals surface area contributed by atoms with Crippen molar-refractivity contribution in [3.63, 3.8) is 0 Å². The second-order valence-corrected chi connectivity index (χ2v) is 9.36. The highest BCUT2D eigenvalue weighted by molar-refractivity contribution is 7.89. The van der Waals surface area contributed by atoms with E-state index in [2.05, 4.69) is 20.1 Å². The first-order valence-electron chi connectivity index (χ1n) is 9.33. The van der Waals surface area contributed by atoms with E-state index in [1.54, 1.807) is 50.4 Å². The fourth-order valence-electron chi connectivity index (χ4n) is 2.85. The lowest BCUT2D eigenvalue weighted by atomic mass is 10.2. The molecule has 2 heterocycles. The molecule has 0 radical (unpaired) electrons. The number of benzene rings is 1. The number of aryl methyl sites for hydroxylation is 1. The third kappa shape index (κ3) is 5.52. The third-order valence-electron chi connectivity index (χ3n) is 4.46. The second-order valence-electron chi connectivity index (χ2n) is 6.90. The molecule has 0 aliphatic carbocycles. The minimum atomic E-state index is -3.91. The number of carbonyl (C=O) groups excluding carboxylic acids is 1. The molecular weight excluding hydrogens is 477 g/mol. The molecule has 3 aromatic rings. The van der Waals surface area contributed by atoms with Crippen molar-refractivity contribution in [1.82, 2.24) is 19.5 Å². The van der Waals surface area contributed by atoms with Gasteiger partial charge in [-0.15, -0.1) is 0 Å². The average Bonchev–Trinajstić information content (AvgIpc) is 2.75. The molecule has 0 bridgehead atoms. The van der Waals surface area contributed by atoms with Crippen molar-refractivity contribution in [2.24, 2.45) is 0 Å². The largest absolute Gasteiger partial charge is 0.324 e. The first kappa shape index (κ1) is 23.9. The van der Waals surface area contributed by atoms with Crippen LogP contribution < -0.4 is 15.6 Å². The molecular formula is C20H19Cl2N5O4S. The van der Waals surface area contributed by atoms with Gasteiger partial charge in [0.1, 0.15) is 11.6 Å². The maximum absolute atomic E-state index is 12.9. The van der Waals surface area contributed by atoms with Crippen LogP contribution in [-0.2, 0) is 21.4 Å². The lowest BCUT2D eigenvalue weighted by Gasteiger charge is -2.16. The summed E-state index contributed by atoms with van der Waals surface area (Å²) >= 11 is 11.5. The normalized spacial score (nSPS) is 12.4. The van der Waals surface area contributed by atoms with E-state index in [4.69, 9.17) is 23.2 Å². The fraction of sp³-hybridized carbons (Fsp3) is 0.200. The summed E-state index contributed by atoms with van der Waals surface area (Å²) < 4.78 is 29.3. The van der Waals surface area contributed by atoms with Crippen molar-refractivity contribution < 1.29 is 13.2 Å². The first-order chi connectivity index (χ1) is 15.1. The van der Waals surface area contributed by atoms with Gasteiger partial charge in [-0.3, -0.25) is 14.6 Å². The van der Waals surface area contributed by atoms with Gasteiger partial charge in [-0.2, -0.15) is 5.10 Å². The van der Waals surface area contributed by atoms with Crippen LogP contribution in [0.5, 0.6) is 0 Å². The summed E-state index contributed by atoms with van der Waals surface area (Å²) in [5.74, 6) is -0.597. The van der Waals surface area contributed by atoms with Crippen molar-refractivity contribution in [3.05, 3.63) is 80.4 Å². The molecule has 1 aromatic carbocycles. The summed E-state index contributed by atoms with van der Waals surface area (Å²) in [4.78, 5) is 28.6. The topological polar surface area (TPSA) is 123 Å². The Morgan fingerprint density at radius 2 is 1.97 bits per heavy atom. The predicted molar refractivity (Wildman–Crippen MR) is 121 cm³/mol. The fourth-order valence-corrected chi connectivity index (χ4v) is 4.61. The molecule has 0 saturated heterocycles. The zero-order valence-corrected chi connectivity index (χ0v) is 19.4. The zero-order valence-electron chi connectivity index (χ0n) is 17.0. The molecule has 2 aromatic heterocycles. The number of nitrogens with one attached hydrogen (secondary N) is 2. The number of anilines is 1. The Kier molecular flexibility index (Phi) is 7.29. The molecule has 0 spiro atoms. The van der Waals surface area contributed by atoms with Crippen molar-refractivity contribution in [2.75, 3.05) is 5.32 Å². The SMILES string of the molecule is Cc1ccc(NC(=O)Cn2ncc(Cl)c(Cl)c2=O)cc1S(=O)(=O)N[C@@H](C)c1ccccn1. The van der Waals surface area contributed by atoms with Crippen molar-refractivity contribution in [3.8, 4) is 0 Å². The van der Waals surface area contributed by atoms with E-state index in [-0.39, 0.29) is 20.6 Å². The van der Waals surface area contributed by atoms with Gasteiger partial charge in [-0.05, 0) is 43.7 Å². The highest BCUT2D eigenvalue weighted by Gasteiger charge is 2.22. The van der Waals surface area contributed by atoms with Gasteiger partial charge in [0, 0.05) is 11.9 Å². The maximum Gasteiger partial charge on any atom is 0.287 e. The molecule has 12 heteroatoms. The Labute approximate surface area is 194 Å². The van der Waals surface area contributed by atoms with Crippen molar-refractivity contribution in [1.29, 1.82) is 0 Å². The molecule has 1 atom stereocenters. The minimum Gasteiger partial charge on any atom is -0.324 e. The van der Waals surface area contributed by atoms with Gasteiger partial charge in [-0.1, -0.05) is 35.3 Å². The number of halogens is 2. The Balaban J connectivity index is 1.78. The van der Waals surface area contributed by atoms with E-state index >= 15 is 0 Å². The molecule has 1 amide bonds. The van der Waals surface area contributed by atoms with Gasteiger partial charge in [0.2, 0.25) is 15.9 Å². The Morgan fingerprint density at radius 3 is 2.66 bits per heavy atom. The van der Waals surface area contributed by atoms with Crippen LogP contribution in [0.1, 0.15) is 24.2 Å². The van der Waals surface area contributed by atoms with Crippen LogP contribution in [0.3, 0.4) is 0 Å². The summed E-state index contributed by atoms with van der Waals surface area (Å²) in [6.45, 7) is 2.90. The standard InChI is InChI=1S/C20H19Cl2N5O4S/c1-12-6-7-14(25-18(28)11-27-20(29)19(22)15(21)10-24-27)9-17(12)32(30,31)26-13(2)16-5-3-4-8-23-16/h3-10,13,26H,11H2,1-2H3,(H,25,28)/t13-/m0/s1. The molecule has 168 valence electrons. The number of nitrogens with zero attached hydrogens (tertiary/aromatic N) is 3. The van der Waals surface area contributed by atoms with E-state index in [1.807, 2.05) is 0 Å². The first-order valence-corrected chi connectivity index (χ1v) is 11.6. The maximum atomic E-state index is 12.9. The predicted octanol–water partition coefficient (Wildman–Crippen LogP) is 2.93. The second kappa shape index (κ2) is 9.78. The van der Waals surface area contributed by atoms with Gasteiger partial charge < -0.3 is 5.32 Å². The quantitative estimate of drug-likeness (QED) is 0.519. The Hall–Kier alpha value is -2.79. The van der Waals surface area contributed by atoms with Gasteiger partial charge in [0.15, 0.2) is 0 Å². The smallest absolute Gasteiger partial charge is 0.287 e. The van der Waals surface area contributed by atoms with Crippen LogP contribution in [0.4, 0.5) is 5.69 Å². The lowest BCUT2D eigenvalue weighted by molar-refractivity contribution is -0.117. The molecule has 0 fully saturated rings. The van der Waals surface area contributed by atoms with Crippen molar-refractivity contribution in [2.45, 2.75) is 31.3 Å². The highest BCUT2D eigenvalue weighted by Crippen LogP contribution is 2.22. The van der Waals surface area contributed by atoms with Crippen LogP contribution in [0.2, 0.25) is 10.0 Å².